The SMILES string of the molecule is CN=C(NCC1(N2CCOCC2)CCSC1)N(C)Cc1ccccc1C.I. The second-order valence-electron chi connectivity index (χ2n) is 7.31. The van der Waals surface area contributed by atoms with Gasteiger partial charge in [-0.3, -0.25) is 9.89 Å². The zero-order valence-corrected chi connectivity index (χ0v) is 19.9. The summed E-state index contributed by atoms with van der Waals surface area (Å²) in [4.78, 5) is 9.39. The quantitative estimate of drug-likeness (QED) is 0.380. The standard InChI is InChI=1S/C20H32N4OS.HI/c1-17-6-4-5-7-18(17)14-23(3)19(21-2)22-15-20(8-13-26-16-20)24-9-11-25-12-10-24;/h4-7H,8-16H2,1-3H3,(H,21,22);1H. The third kappa shape index (κ3) is 5.74. The van der Waals surface area contributed by atoms with Crippen molar-refractivity contribution < 1.29 is 4.74 Å². The summed E-state index contributed by atoms with van der Waals surface area (Å²) in [7, 11) is 3.99. The van der Waals surface area contributed by atoms with Crippen LogP contribution in [0.4, 0.5) is 0 Å². The molecule has 2 fully saturated rings. The van der Waals surface area contributed by atoms with E-state index < -0.39 is 0 Å². The van der Waals surface area contributed by atoms with Gasteiger partial charge in [-0.2, -0.15) is 11.8 Å². The van der Waals surface area contributed by atoms with Crippen molar-refractivity contribution in [1.82, 2.24) is 15.1 Å². The van der Waals surface area contributed by atoms with Crippen molar-refractivity contribution in [2.24, 2.45) is 4.99 Å². The highest BCUT2D eigenvalue weighted by molar-refractivity contribution is 14.0. The molecule has 3 rings (SSSR count). The van der Waals surface area contributed by atoms with Crippen LogP contribution >= 0.6 is 35.7 Å². The summed E-state index contributed by atoms with van der Waals surface area (Å²) in [6, 6.07) is 8.57. The zero-order chi connectivity index (χ0) is 18.4. The van der Waals surface area contributed by atoms with Gasteiger partial charge in [-0.1, -0.05) is 24.3 Å². The first kappa shape index (κ1) is 22.8. The lowest BCUT2D eigenvalue weighted by Crippen LogP contribution is -2.60. The Balaban J connectivity index is 0.00000261. The number of thioether (sulfide) groups is 1. The molecule has 7 heteroatoms. The van der Waals surface area contributed by atoms with Gasteiger partial charge < -0.3 is 15.0 Å². The number of guanidine groups is 1. The lowest BCUT2D eigenvalue weighted by atomic mass is 9.95. The lowest BCUT2D eigenvalue weighted by molar-refractivity contribution is -0.0121. The molecule has 5 nitrogen and oxygen atoms in total. The fourth-order valence-electron chi connectivity index (χ4n) is 3.88. The van der Waals surface area contributed by atoms with E-state index in [4.69, 9.17) is 4.74 Å². The summed E-state index contributed by atoms with van der Waals surface area (Å²) in [5.41, 5.74) is 2.90. The molecule has 1 aromatic carbocycles. The minimum absolute atomic E-state index is 0. The Morgan fingerprint density at radius 3 is 2.70 bits per heavy atom. The fraction of sp³-hybridized carbons (Fsp3) is 0.650. The average molecular weight is 504 g/mol. The van der Waals surface area contributed by atoms with Gasteiger partial charge in [0, 0.05) is 51.6 Å². The van der Waals surface area contributed by atoms with Crippen LogP contribution in [0.3, 0.4) is 0 Å². The summed E-state index contributed by atoms with van der Waals surface area (Å²) >= 11 is 2.07. The fourth-order valence-corrected chi connectivity index (χ4v) is 5.36. The molecule has 2 saturated heterocycles. The van der Waals surface area contributed by atoms with Crippen LogP contribution in [0.25, 0.3) is 0 Å². The molecule has 0 bridgehead atoms. The maximum Gasteiger partial charge on any atom is 0.193 e. The Kier molecular flexibility index (Phi) is 9.18. The van der Waals surface area contributed by atoms with E-state index in [0.717, 1.165) is 45.4 Å². The van der Waals surface area contributed by atoms with Gasteiger partial charge in [0.15, 0.2) is 5.96 Å². The lowest BCUT2D eigenvalue weighted by Gasteiger charge is -2.43. The third-order valence-electron chi connectivity index (χ3n) is 5.58. The van der Waals surface area contributed by atoms with Crippen LogP contribution in [0.1, 0.15) is 17.5 Å². The van der Waals surface area contributed by atoms with Crippen LogP contribution in [-0.2, 0) is 11.3 Å². The monoisotopic (exact) mass is 504 g/mol. The number of nitrogens with zero attached hydrogens (tertiary/aromatic N) is 3. The molecule has 0 aliphatic carbocycles. The van der Waals surface area contributed by atoms with Crippen molar-refractivity contribution >= 4 is 41.7 Å². The van der Waals surface area contributed by atoms with Crippen LogP contribution < -0.4 is 5.32 Å². The number of nitrogens with one attached hydrogen (secondary N) is 1. The second kappa shape index (κ2) is 10.9. The van der Waals surface area contributed by atoms with Gasteiger partial charge >= 0.3 is 0 Å². The smallest absolute Gasteiger partial charge is 0.193 e. The number of hydrogen-bond acceptors (Lipinski definition) is 4. The number of halogens is 1. The van der Waals surface area contributed by atoms with E-state index in [9.17, 15) is 0 Å². The maximum atomic E-state index is 5.57. The van der Waals surface area contributed by atoms with Gasteiger partial charge in [0.05, 0.1) is 13.2 Å². The number of hydrogen-bond donors (Lipinski definition) is 1. The number of ether oxygens (including phenoxy) is 1. The van der Waals surface area contributed by atoms with Crippen molar-refractivity contribution in [3.8, 4) is 0 Å². The van der Waals surface area contributed by atoms with E-state index in [-0.39, 0.29) is 29.5 Å². The number of aryl methyl sites for hydroxylation is 1. The predicted molar refractivity (Wildman–Crippen MR) is 126 cm³/mol. The highest BCUT2D eigenvalue weighted by atomic mass is 127. The molecule has 0 spiro atoms. The minimum atomic E-state index is 0. The van der Waals surface area contributed by atoms with E-state index in [2.05, 4.69) is 70.1 Å². The summed E-state index contributed by atoms with van der Waals surface area (Å²) in [6.45, 7) is 7.78. The Morgan fingerprint density at radius 1 is 1.33 bits per heavy atom. The predicted octanol–water partition coefficient (Wildman–Crippen LogP) is 2.83. The number of aliphatic imine (C=N–C) groups is 1. The average Bonchev–Trinajstić information content (AvgIpc) is 3.15. The molecule has 0 aromatic heterocycles. The van der Waals surface area contributed by atoms with Crippen molar-refractivity contribution in [3.63, 3.8) is 0 Å². The van der Waals surface area contributed by atoms with Crippen LogP contribution in [-0.4, -0.2) is 79.7 Å². The molecule has 0 saturated carbocycles. The third-order valence-corrected chi connectivity index (χ3v) is 6.82. The van der Waals surface area contributed by atoms with Crippen LogP contribution in [0.5, 0.6) is 0 Å². The molecule has 0 amide bonds. The molecule has 0 radical (unpaired) electrons. The van der Waals surface area contributed by atoms with E-state index >= 15 is 0 Å². The molecule has 1 aromatic rings. The Hall–Kier alpha value is -0.510. The van der Waals surface area contributed by atoms with Crippen LogP contribution in [0.15, 0.2) is 29.3 Å². The van der Waals surface area contributed by atoms with Crippen LogP contribution in [0.2, 0.25) is 0 Å². The number of rotatable bonds is 5. The Labute approximate surface area is 185 Å². The summed E-state index contributed by atoms with van der Waals surface area (Å²) in [5, 5.41) is 3.67. The zero-order valence-electron chi connectivity index (χ0n) is 16.7. The second-order valence-corrected chi connectivity index (χ2v) is 8.41. The van der Waals surface area contributed by atoms with Gasteiger partial charge in [-0.15, -0.1) is 24.0 Å². The molecule has 152 valence electrons. The number of benzene rings is 1. The van der Waals surface area contributed by atoms with Crippen molar-refractivity contribution in [3.05, 3.63) is 35.4 Å². The van der Waals surface area contributed by atoms with Crippen molar-refractivity contribution in [1.29, 1.82) is 0 Å². The normalized spacial score (nSPS) is 23.7. The topological polar surface area (TPSA) is 40.1 Å². The van der Waals surface area contributed by atoms with Gasteiger partial charge in [0.25, 0.3) is 0 Å². The van der Waals surface area contributed by atoms with E-state index in [1.165, 1.54) is 29.1 Å². The molecule has 1 N–H and O–H groups in total. The van der Waals surface area contributed by atoms with Gasteiger partial charge in [0.2, 0.25) is 0 Å². The van der Waals surface area contributed by atoms with Crippen molar-refractivity contribution in [2.75, 3.05) is 58.4 Å². The number of morpholine rings is 1. The molecule has 2 aliphatic rings. The van der Waals surface area contributed by atoms with Gasteiger partial charge in [0.1, 0.15) is 0 Å². The van der Waals surface area contributed by atoms with E-state index in [1.807, 2.05) is 7.05 Å². The highest BCUT2D eigenvalue weighted by Crippen LogP contribution is 2.33. The highest BCUT2D eigenvalue weighted by Gasteiger charge is 2.40. The largest absolute Gasteiger partial charge is 0.379 e. The summed E-state index contributed by atoms with van der Waals surface area (Å²) in [6.07, 6.45) is 1.24. The Bertz CT molecular complexity index is 616. The first-order valence-electron chi connectivity index (χ1n) is 9.51. The Morgan fingerprint density at radius 2 is 2.07 bits per heavy atom. The van der Waals surface area contributed by atoms with Crippen molar-refractivity contribution in [2.45, 2.75) is 25.4 Å². The molecule has 1 unspecified atom stereocenters. The van der Waals surface area contributed by atoms with E-state index in [1.54, 1.807) is 0 Å². The molecule has 2 aliphatic heterocycles. The van der Waals surface area contributed by atoms with Gasteiger partial charge in [-0.25, -0.2) is 0 Å². The molecular formula is C20H33IN4OS. The van der Waals surface area contributed by atoms with Crippen LogP contribution in [0, 0.1) is 6.92 Å². The molecule has 27 heavy (non-hydrogen) atoms. The summed E-state index contributed by atoms with van der Waals surface area (Å²) < 4.78 is 5.57. The summed E-state index contributed by atoms with van der Waals surface area (Å²) in [5.74, 6) is 3.41. The van der Waals surface area contributed by atoms with E-state index in [0.29, 0.717) is 0 Å². The molecular weight excluding hydrogens is 471 g/mol. The first-order chi connectivity index (χ1) is 12.6. The first-order valence-corrected chi connectivity index (χ1v) is 10.7. The minimum Gasteiger partial charge on any atom is -0.379 e. The van der Waals surface area contributed by atoms with Gasteiger partial charge in [-0.05, 0) is 30.2 Å². The molecule has 1 atom stereocenters. The maximum absolute atomic E-state index is 5.57. The molecule has 2 heterocycles.